The minimum Gasteiger partial charge on any atom is -0.271 e. The van der Waals surface area contributed by atoms with E-state index in [2.05, 4.69) is 10.1 Å². The first-order valence-electron chi connectivity index (χ1n) is 4.85. The van der Waals surface area contributed by atoms with Crippen LogP contribution in [-0.4, -0.2) is 14.8 Å². The summed E-state index contributed by atoms with van der Waals surface area (Å²) in [6.45, 7) is 0. The van der Waals surface area contributed by atoms with Gasteiger partial charge in [0.05, 0.1) is 18.2 Å². The molecule has 6 nitrogen and oxygen atoms in total. The van der Waals surface area contributed by atoms with Gasteiger partial charge in [0.1, 0.15) is 6.20 Å². The van der Waals surface area contributed by atoms with Gasteiger partial charge in [-0.3, -0.25) is 9.78 Å². The van der Waals surface area contributed by atoms with Gasteiger partial charge in [0.15, 0.2) is 0 Å². The first-order valence-corrected chi connectivity index (χ1v) is 4.85. The van der Waals surface area contributed by atoms with Crippen LogP contribution in [0, 0.1) is 11.3 Å². The van der Waals surface area contributed by atoms with E-state index in [-0.39, 0.29) is 0 Å². The minimum atomic E-state index is -0.592. The van der Waals surface area contributed by atoms with Crippen LogP contribution in [0.15, 0.2) is 40.1 Å². The van der Waals surface area contributed by atoms with Crippen molar-refractivity contribution < 1.29 is 0 Å². The predicted molar refractivity (Wildman–Crippen MR) is 59.8 cm³/mol. The normalized spacial score (nSPS) is 9.82. The van der Waals surface area contributed by atoms with Gasteiger partial charge in [0.2, 0.25) is 0 Å². The Morgan fingerprint density at radius 2 is 2.00 bits per heavy atom. The van der Waals surface area contributed by atoms with Crippen molar-refractivity contribution in [3.05, 3.63) is 56.9 Å². The average Bonchev–Trinajstić information content (AvgIpc) is 2.31. The van der Waals surface area contributed by atoms with Crippen molar-refractivity contribution in [2.24, 2.45) is 0 Å². The Morgan fingerprint density at radius 1 is 1.29 bits per heavy atom. The Morgan fingerprint density at radius 3 is 2.59 bits per heavy atom. The van der Waals surface area contributed by atoms with Gasteiger partial charge in [-0.2, -0.15) is 15.0 Å². The third-order valence-electron chi connectivity index (χ3n) is 2.18. The molecule has 0 aliphatic carbocycles. The summed E-state index contributed by atoms with van der Waals surface area (Å²) in [4.78, 5) is 24.4. The average molecular weight is 228 g/mol. The third-order valence-corrected chi connectivity index (χ3v) is 2.18. The molecule has 6 heteroatoms. The molecule has 0 radical (unpaired) electrons. The lowest BCUT2D eigenvalue weighted by molar-refractivity contribution is 0.749. The SMILES string of the molecule is N#CCc1ccc(-n2ncc(=O)[nH]c2=O)cc1. The Hall–Kier alpha value is -2.68. The molecular weight excluding hydrogens is 220 g/mol. The number of hydrogen-bond acceptors (Lipinski definition) is 4. The molecule has 2 aromatic rings. The van der Waals surface area contributed by atoms with Gasteiger partial charge < -0.3 is 0 Å². The molecule has 2 rings (SSSR count). The van der Waals surface area contributed by atoms with Gasteiger partial charge >= 0.3 is 5.69 Å². The molecule has 0 atom stereocenters. The largest absolute Gasteiger partial charge is 0.349 e. The minimum absolute atomic E-state index is 0.314. The van der Waals surface area contributed by atoms with Crippen molar-refractivity contribution in [2.75, 3.05) is 0 Å². The molecule has 0 saturated heterocycles. The fourth-order valence-corrected chi connectivity index (χ4v) is 1.38. The van der Waals surface area contributed by atoms with E-state index >= 15 is 0 Å². The zero-order chi connectivity index (χ0) is 12.3. The molecule has 0 unspecified atom stereocenters. The lowest BCUT2D eigenvalue weighted by Gasteiger charge is -2.03. The maximum absolute atomic E-state index is 11.4. The van der Waals surface area contributed by atoms with E-state index in [4.69, 9.17) is 5.26 Å². The van der Waals surface area contributed by atoms with Crippen LogP contribution in [0.3, 0.4) is 0 Å². The molecular formula is C11H8N4O2. The highest BCUT2D eigenvalue weighted by Crippen LogP contribution is 2.06. The van der Waals surface area contributed by atoms with Crippen molar-refractivity contribution in [3.8, 4) is 11.8 Å². The van der Waals surface area contributed by atoms with E-state index in [0.29, 0.717) is 12.1 Å². The molecule has 0 aliphatic rings. The van der Waals surface area contributed by atoms with Crippen molar-refractivity contribution in [2.45, 2.75) is 6.42 Å². The summed E-state index contributed by atoms with van der Waals surface area (Å²) in [5, 5.41) is 12.2. The fourth-order valence-electron chi connectivity index (χ4n) is 1.38. The van der Waals surface area contributed by atoms with Crippen molar-refractivity contribution in [1.29, 1.82) is 5.26 Å². The monoisotopic (exact) mass is 228 g/mol. The summed E-state index contributed by atoms with van der Waals surface area (Å²) < 4.78 is 1.08. The predicted octanol–water partition coefficient (Wildman–Crippen LogP) is -0.0131. The van der Waals surface area contributed by atoms with Crippen molar-refractivity contribution >= 4 is 0 Å². The maximum Gasteiger partial charge on any atom is 0.349 e. The smallest absolute Gasteiger partial charge is 0.271 e. The Balaban J connectivity index is 2.44. The number of nitrogens with one attached hydrogen (secondary N) is 1. The van der Waals surface area contributed by atoms with Crippen molar-refractivity contribution in [1.82, 2.24) is 14.8 Å². The summed E-state index contributed by atoms with van der Waals surface area (Å²) in [5.74, 6) is 0. The fraction of sp³-hybridized carbons (Fsp3) is 0.0909. The molecule has 1 aromatic carbocycles. The second-order valence-corrected chi connectivity index (χ2v) is 3.35. The zero-order valence-corrected chi connectivity index (χ0v) is 8.75. The lowest BCUT2D eigenvalue weighted by atomic mass is 10.1. The van der Waals surface area contributed by atoms with E-state index in [0.717, 1.165) is 16.4 Å². The van der Waals surface area contributed by atoms with E-state index in [9.17, 15) is 9.59 Å². The second-order valence-electron chi connectivity index (χ2n) is 3.35. The van der Waals surface area contributed by atoms with Crippen LogP contribution in [0.4, 0.5) is 0 Å². The Labute approximate surface area is 95.8 Å². The molecule has 1 aromatic heterocycles. The van der Waals surface area contributed by atoms with Gasteiger partial charge in [-0.05, 0) is 17.7 Å². The number of hydrogen-bond donors (Lipinski definition) is 1. The van der Waals surface area contributed by atoms with Gasteiger partial charge in [-0.1, -0.05) is 12.1 Å². The first kappa shape index (κ1) is 10.8. The number of H-pyrrole nitrogens is 1. The molecule has 0 spiro atoms. The summed E-state index contributed by atoms with van der Waals surface area (Å²) >= 11 is 0. The molecule has 0 amide bonds. The highest BCUT2D eigenvalue weighted by molar-refractivity contribution is 5.34. The van der Waals surface area contributed by atoms with E-state index in [1.165, 1.54) is 0 Å². The van der Waals surface area contributed by atoms with Gasteiger partial charge in [0, 0.05) is 0 Å². The van der Waals surface area contributed by atoms with Crippen LogP contribution >= 0.6 is 0 Å². The molecule has 1 N–H and O–H groups in total. The maximum atomic E-state index is 11.4. The molecule has 84 valence electrons. The number of benzene rings is 1. The summed E-state index contributed by atoms with van der Waals surface area (Å²) in [6, 6.07) is 8.83. The summed E-state index contributed by atoms with van der Waals surface area (Å²) in [5.41, 5.74) is 0.263. The summed E-state index contributed by atoms with van der Waals surface area (Å²) in [7, 11) is 0. The van der Waals surface area contributed by atoms with Gasteiger partial charge in [0.25, 0.3) is 5.56 Å². The van der Waals surface area contributed by atoms with Gasteiger partial charge in [-0.15, -0.1) is 0 Å². The first-order chi connectivity index (χ1) is 8.20. The molecule has 17 heavy (non-hydrogen) atoms. The number of aromatic nitrogens is 3. The molecule has 0 saturated carbocycles. The van der Waals surface area contributed by atoms with E-state index in [1.54, 1.807) is 24.3 Å². The van der Waals surface area contributed by atoms with Crippen LogP contribution in [0.2, 0.25) is 0 Å². The van der Waals surface area contributed by atoms with E-state index in [1.807, 2.05) is 6.07 Å². The molecule has 0 bridgehead atoms. The Kier molecular flexibility index (Phi) is 2.83. The Bertz CT molecular complexity index is 676. The third kappa shape index (κ3) is 2.29. The highest BCUT2D eigenvalue weighted by Gasteiger charge is 2.01. The lowest BCUT2D eigenvalue weighted by Crippen LogP contribution is -2.30. The highest BCUT2D eigenvalue weighted by atomic mass is 16.2. The quantitative estimate of drug-likeness (QED) is 0.782. The zero-order valence-electron chi connectivity index (χ0n) is 8.75. The number of rotatable bonds is 2. The molecule has 0 fully saturated rings. The number of nitrogens with zero attached hydrogens (tertiary/aromatic N) is 3. The molecule has 0 aliphatic heterocycles. The number of aromatic amines is 1. The topological polar surface area (TPSA) is 91.5 Å². The number of nitriles is 1. The van der Waals surface area contributed by atoms with Crippen LogP contribution in [0.25, 0.3) is 5.69 Å². The molecule has 1 heterocycles. The van der Waals surface area contributed by atoms with Crippen LogP contribution < -0.4 is 11.2 Å². The standard InChI is InChI=1S/C11H8N4O2/c12-6-5-8-1-3-9(4-2-8)15-11(17)14-10(16)7-13-15/h1-4,7H,5H2,(H,14,16,17). The van der Waals surface area contributed by atoms with Crippen LogP contribution in [0.5, 0.6) is 0 Å². The van der Waals surface area contributed by atoms with Crippen molar-refractivity contribution in [3.63, 3.8) is 0 Å². The summed E-state index contributed by atoms with van der Waals surface area (Å²) in [6.07, 6.45) is 1.35. The van der Waals surface area contributed by atoms with E-state index < -0.39 is 11.2 Å². The van der Waals surface area contributed by atoms with Crippen LogP contribution in [0.1, 0.15) is 5.56 Å². The van der Waals surface area contributed by atoms with Gasteiger partial charge in [-0.25, -0.2) is 4.79 Å². The van der Waals surface area contributed by atoms with Crippen LogP contribution in [-0.2, 0) is 6.42 Å². The second kappa shape index (κ2) is 4.45.